The average molecular weight is 405 g/mol. The second kappa shape index (κ2) is 10.9. The summed E-state index contributed by atoms with van der Waals surface area (Å²) < 4.78 is 11.2. The number of hydrogen-bond acceptors (Lipinski definition) is 5. The van der Waals surface area contributed by atoms with Gasteiger partial charge in [-0.2, -0.15) is 0 Å². The SMILES string of the molecule is CCOc1ccc([C@H](c2cccs2)N2CCNCC2)cc1OC.Cl.Cl. The van der Waals surface area contributed by atoms with Crippen LogP contribution in [-0.2, 0) is 0 Å². The van der Waals surface area contributed by atoms with Crippen molar-refractivity contribution in [3.8, 4) is 11.5 Å². The van der Waals surface area contributed by atoms with Crippen LogP contribution >= 0.6 is 36.2 Å². The predicted octanol–water partition coefficient (Wildman–Crippen LogP) is 3.99. The highest BCUT2D eigenvalue weighted by molar-refractivity contribution is 7.10. The van der Waals surface area contributed by atoms with E-state index in [1.807, 2.05) is 24.3 Å². The summed E-state index contributed by atoms with van der Waals surface area (Å²) in [6, 6.07) is 10.9. The van der Waals surface area contributed by atoms with Crippen LogP contribution in [0, 0.1) is 0 Å². The zero-order valence-electron chi connectivity index (χ0n) is 14.6. The monoisotopic (exact) mass is 404 g/mol. The molecule has 4 nitrogen and oxygen atoms in total. The van der Waals surface area contributed by atoms with E-state index in [1.54, 1.807) is 7.11 Å². The van der Waals surface area contributed by atoms with Crippen LogP contribution in [0.15, 0.2) is 35.7 Å². The minimum absolute atomic E-state index is 0. The molecular formula is C18H26Cl2N2O2S. The fraction of sp³-hybridized carbons (Fsp3) is 0.444. The summed E-state index contributed by atoms with van der Waals surface area (Å²) in [6.45, 7) is 6.81. The first kappa shape index (κ1) is 22.1. The lowest BCUT2D eigenvalue weighted by atomic mass is 10.0. The molecule has 0 amide bonds. The van der Waals surface area contributed by atoms with E-state index in [0.29, 0.717) is 6.61 Å². The lowest BCUT2D eigenvalue weighted by Gasteiger charge is -2.35. The molecule has 1 fully saturated rings. The van der Waals surface area contributed by atoms with Crippen LogP contribution in [0.25, 0.3) is 0 Å². The molecule has 1 aliphatic heterocycles. The van der Waals surface area contributed by atoms with Crippen molar-refractivity contribution in [1.82, 2.24) is 10.2 Å². The molecule has 3 rings (SSSR count). The van der Waals surface area contributed by atoms with Gasteiger partial charge < -0.3 is 14.8 Å². The first-order valence-electron chi connectivity index (χ1n) is 8.12. The average Bonchev–Trinajstić information content (AvgIpc) is 3.11. The van der Waals surface area contributed by atoms with E-state index in [1.165, 1.54) is 10.4 Å². The maximum absolute atomic E-state index is 5.65. The third-order valence-corrected chi connectivity index (χ3v) is 5.06. The highest BCUT2D eigenvalue weighted by Gasteiger charge is 2.25. The molecule has 1 atom stereocenters. The van der Waals surface area contributed by atoms with Gasteiger partial charge in [0, 0.05) is 31.1 Å². The smallest absolute Gasteiger partial charge is 0.161 e. The Kier molecular flexibility index (Phi) is 9.61. The number of methoxy groups -OCH3 is 1. The number of benzene rings is 1. The van der Waals surface area contributed by atoms with E-state index in [0.717, 1.165) is 37.7 Å². The molecule has 0 unspecified atom stereocenters. The summed E-state index contributed by atoms with van der Waals surface area (Å²) >= 11 is 1.81. The van der Waals surface area contributed by atoms with Crippen LogP contribution in [-0.4, -0.2) is 44.8 Å². The van der Waals surface area contributed by atoms with Crippen LogP contribution in [0.5, 0.6) is 11.5 Å². The molecule has 0 aliphatic carbocycles. The number of halogens is 2. The summed E-state index contributed by atoms with van der Waals surface area (Å²) in [5.41, 5.74) is 1.26. The number of nitrogens with zero attached hydrogens (tertiary/aromatic N) is 1. The van der Waals surface area contributed by atoms with E-state index in [9.17, 15) is 0 Å². The summed E-state index contributed by atoms with van der Waals surface area (Å²) in [5.74, 6) is 1.62. The van der Waals surface area contributed by atoms with Crippen LogP contribution in [0.3, 0.4) is 0 Å². The van der Waals surface area contributed by atoms with Crippen LogP contribution in [0.4, 0.5) is 0 Å². The molecule has 1 aromatic carbocycles. The normalized spacial score (nSPS) is 15.6. The number of piperazine rings is 1. The Morgan fingerprint density at radius 2 is 1.92 bits per heavy atom. The summed E-state index contributed by atoms with van der Waals surface area (Å²) in [5, 5.41) is 5.58. The van der Waals surface area contributed by atoms with E-state index in [2.05, 4.69) is 39.9 Å². The lowest BCUT2D eigenvalue weighted by Crippen LogP contribution is -2.45. The number of thiophene rings is 1. The summed E-state index contributed by atoms with van der Waals surface area (Å²) in [4.78, 5) is 3.91. The second-order valence-electron chi connectivity index (χ2n) is 5.55. The van der Waals surface area contributed by atoms with Gasteiger partial charge in [-0.05, 0) is 36.1 Å². The van der Waals surface area contributed by atoms with Gasteiger partial charge in [0.05, 0.1) is 19.8 Å². The van der Waals surface area contributed by atoms with Crippen molar-refractivity contribution in [3.05, 3.63) is 46.2 Å². The van der Waals surface area contributed by atoms with Gasteiger partial charge in [0.2, 0.25) is 0 Å². The molecule has 0 radical (unpaired) electrons. The number of rotatable bonds is 6. The first-order valence-corrected chi connectivity index (χ1v) is 9.00. The molecular weight excluding hydrogens is 379 g/mol. The van der Waals surface area contributed by atoms with Gasteiger partial charge in [-0.15, -0.1) is 36.2 Å². The van der Waals surface area contributed by atoms with Gasteiger partial charge in [0.25, 0.3) is 0 Å². The topological polar surface area (TPSA) is 33.7 Å². The van der Waals surface area contributed by atoms with Crippen molar-refractivity contribution in [2.75, 3.05) is 39.9 Å². The molecule has 1 aliphatic rings. The van der Waals surface area contributed by atoms with Crippen molar-refractivity contribution >= 4 is 36.2 Å². The Morgan fingerprint density at radius 1 is 1.16 bits per heavy atom. The molecule has 7 heteroatoms. The zero-order valence-corrected chi connectivity index (χ0v) is 17.0. The minimum Gasteiger partial charge on any atom is -0.493 e. The molecule has 0 saturated carbocycles. The van der Waals surface area contributed by atoms with E-state index in [-0.39, 0.29) is 30.9 Å². The second-order valence-corrected chi connectivity index (χ2v) is 6.53. The number of ether oxygens (including phenoxy) is 2. The first-order chi connectivity index (χ1) is 11.3. The van der Waals surface area contributed by atoms with Crippen LogP contribution in [0.1, 0.15) is 23.4 Å². The van der Waals surface area contributed by atoms with Gasteiger partial charge in [-0.3, -0.25) is 4.90 Å². The Hall–Kier alpha value is -0.980. The number of hydrogen-bond donors (Lipinski definition) is 1. The van der Waals surface area contributed by atoms with Gasteiger partial charge in [-0.25, -0.2) is 0 Å². The van der Waals surface area contributed by atoms with Gasteiger partial charge >= 0.3 is 0 Å². The van der Waals surface area contributed by atoms with Crippen molar-refractivity contribution in [2.45, 2.75) is 13.0 Å². The van der Waals surface area contributed by atoms with Crippen LogP contribution < -0.4 is 14.8 Å². The molecule has 1 saturated heterocycles. The third-order valence-electron chi connectivity index (χ3n) is 4.13. The van der Waals surface area contributed by atoms with Crippen LogP contribution in [0.2, 0.25) is 0 Å². The molecule has 140 valence electrons. The molecule has 25 heavy (non-hydrogen) atoms. The molecule has 1 N–H and O–H groups in total. The third kappa shape index (κ3) is 5.25. The van der Waals surface area contributed by atoms with Gasteiger partial charge in [0.1, 0.15) is 0 Å². The van der Waals surface area contributed by atoms with Gasteiger partial charge in [-0.1, -0.05) is 12.1 Å². The standard InChI is InChI=1S/C18H24N2O2S.2ClH/c1-3-22-15-7-6-14(13-16(15)21-2)18(17-5-4-12-23-17)20-10-8-19-9-11-20;;/h4-7,12-13,18-19H,3,8-11H2,1-2H3;2*1H/t18-;;/m1../s1. The minimum atomic E-state index is 0. The van der Waals surface area contributed by atoms with Crippen molar-refractivity contribution in [1.29, 1.82) is 0 Å². The van der Waals surface area contributed by atoms with Gasteiger partial charge in [0.15, 0.2) is 11.5 Å². The zero-order chi connectivity index (χ0) is 16.1. The largest absolute Gasteiger partial charge is 0.493 e. The van der Waals surface area contributed by atoms with E-state index >= 15 is 0 Å². The Labute approximate surface area is 166 Å². The fourth-order valence-corrected chi connectivity index (χ4v) is 3.96. The fourth-order valence-electron chi connectivity index (χ4n) is 3.07. The summed E-state index contributed by atoms with van der Waals surface area (Å²) in [7, 11) is 1.70. The maximum Gasteiger partial charge on any atom is 0.161 e. The van der Waals surface area contributed by atoms with E-state index < -0.39 is 0 Å². The molecule has 1 aromatic heterocycles. The molecule has 0 bridgehead atoms. The Balaban J connectivity index is 0.00000156. The lowest BCUT2D eigenvalue weighted by molar-refractivity contribution is 0.200. The Bertz CT molecular complexity index is 620. The highest BCUT2D eigenvalue weighted by atomic mass is 35.5. The molecule has 0 spiro atoms. The molecule has 2 aromatic rings. The quantitative estimate of drug-likeness (QED) is 0.788. The van der Waals surface area contributed by atoms with Crippen molar-refractivity contribution in [2.24, 2.45) is 0 Å². The maximum atomic E-state index is 5.65. The van der Waals surface area contributed by atoms with Crippen molar-refractivity contribution in [3.63, 3.8) is 0 Å². The molecule has 2 heterocycles. The predicted molar refractivity (Wildman–Crippen MR) is 109 cm³/mol. The highest BCUT2D eigenvalue weighted by Crippen LogP contribution is 2.37. The summed E-state index contributed by atoms with van der Waals surface area (Å²) in [6.07, 6.45) is 0. The number of nitrogens with one attached hydrogen (secondary N) is 1. The van der Waals surface area contributed by atoms with E-state index in [4.69, 9.17) is 9.47 Å². The Morgan fingerprint density at radius 3 is 2.52 bits per heavy atom. The van der Waals surface area contributed by atoms with Crippen molar-refractivity contribution < 1.29 is 9.47 Å².